The summed E-state index contributed by atoms with van der Waals surface area (Å²) in [4.78, 5) is 28.0. The van der Waals surface area contributed by atoms with Crippen LogP contribution in [0.1, 0.15) is 87.0 Å². The highest BCUT2D eigenvalue weighted by Gasteiger charge is 2.75. The highest BCUT2D eigenvalue weighted by Crippen LogP contribution is 2.74. The summed E-state index contributed by atoms with van der Waals surface area (Å²) in [6, 6.07) is 0. The Balaban J connectivity index is 1.78. The van der Waals surface area contributed by atoms with E-state index in [-0.39, 0.29) is 37.1 Å². The third kappa shape index (κ3) is 4.07. The van der Waals surface area contributed by atoms with Crippen LogP contribution in [0.3, 0.4) is 0 Å². The molecule has 4 aliphatic carbocycles. The van der Waals surface area contributed by atoms with Crippen LogP contribution in [0.2, 0.25) is 0 Å². The Hall–Kier alpha value is -1.16. The first-order valence-corrected chi connectivity index (χ1v) is 14.5. The first kappa shape index (κ1) is 30.8. The Morgan fingerprint density at radius 2 is 1.72 bits per heavy atom. The van der Waals surface area contributed by atoms with Crippen LogP contribution in [0.5, 0.6) is 0 Å². The van der Waals surface area contributed by atoms with Gasteiger partial charge in [0.1, 0.15) is 11.4 Å². The molecule has 0 bridgehead atoms. The van der Waals surface area contributed by atoms with Crippen molar-refractivity contribution in [3.05, 3.63) is 11.6 Å². The molecule has 0 spiro atoms. The first-order chi connectivity index (χ1) is 17.8. The molecule has 5 N–H and O–H groups in total. The fraction of sp³-hybridized carbons (Fsp3) is 0.871. The quantitative estimate of drug-likeness (QED) is 0.304. The van der Waals surface area contributed by atoms with Gasteiger partial charge in [-0.15, -0.1) is 0 Å². The van der Waals surface area contributed by atoms with Crippen molar-refractivity contribution in [1.29, 1.82) is 0 Å². The molecule has 3 fully saturated rings. The number of hydrogen-bond acceptors (Lipinski definition) is 8. The molecule has 0 amide bonds. The predicted octanol–water partition coefficient (Wildman–Crippen LogP) is 2.57. The topological polar surface area (TPSA) is 145 Å². The Labute approximate surface area is 232 Å². The summed E-state index contributed by atoms with van der Waals surface area (Å²) in [7, 11) is 1.40. The first-order valence-electron chi connectivity index (χ1n) is 14.5. The number of aliphatic hydroxyl groups is 5. The minimum atomic E-state index is -1.97. The van der Waals surface area contributed by atoms with Gasteiger partial charge in [-0.1, -0.05) is 39.3 Å². The van der Waals surface area contributed by atoms with Crippen molar-refractivity contribution in [3.8, 4) is 0 Å². The molecule has 0 saturated heterocycles. The molecule has 39 heavy (non-hydrogen) atoms. The number of allylic oxidation sites excluding steroid dienone is 1. The summed E-state index contributed by atoms with van der Waals surface area (Å²) >= 11 is 0. The average molecular weight is 551 g/mol. The predicted molar refractivity (Wildman–Crippen MR) is 146 cm³/mol. The van der Waals surface area contributed by atoms with Crippen LogP contribution in [-0.4, -0.2) is 80.3 Å². The number of carbonyl (C=O) groups is 2. The number of Topliss-reactive ketones (excluding diaryl/α,β-unsaturated/α-hetero) is 2. The van der Waals surface area contributed by atoms with Crippen LogP contribution in [-0.2, 0) is 14.3 Å². The highest BCUT2D eigenvalue weighted by atomic mass is 16.5. The molecule has 0 radical (unpaired) electrons. The van der Waals surface area contributed by atoms with E-state index >= 15 is 0 Å². The molecule has 4 aliphatic rings. The van der Waals surface area contributed by atoms with Gasteiger partial charge in [0.15, 0.2) is 5.78 Å². The number of hydrogen-bond donors (Lipinski definition) is 5. The second-order valence-corrected chi connectivity index (χ2v) is 14.9. The molecule has 8 nitrogen and oxygen atoms in total. The van der Waals surface area contributed by atoms with Gasteiger partial charge >= 0.3 is 0 Å². The fourth-order valence-electron chi connectivity index (χ4n) is 9.73. The molecular formula is C31H50O8. The fourth-order valence-corrected chi connectivity index (χ4v) is 9.73. The van der Waals surface area contributed by atoms with Crippen LogP contribution in [0.15, 0.2) is 11.6 Å². The zero-order valence-corrected chi connectivity index (χ0v) is 25.0. The van der Waals surface area contributed by atoms with Gasteiger partial charge in [0.25, 0.3) is 0 Å². The van der Waals surface area contributed by atoms with Crippen LogP contribution < -0.4 is 0 Å². The molecule has 8 heteroatoms. The molecule has 0 aromatic rings. The van der Waals surface area contributed by atoms with E-state index in [2.05, 4.69) is 13.0 Å². The normalized spacial score (nSPS) is 44.0. The summed E-state index contributed by atoms with van der Waals surface area (Å²) in [6.07, 6.45) is 1.46. The van der Waals surface area contributed by atoms with Crippen LogP contribution in [0.25, 0.3) is 0 Å². The van der Waals surface area contributed by atoms with Crippen molar-refractivity contribution in [2.24, 2.45) is 39.4 Å². The maximum atomic E-state index is 14.4. The Bertz CT molecular complexity index is 1040. The largest absolute Gasteiger partial charge is 0.395 e. The Morgan fingerprint density at radius 3 is 2.26 bits per heavy atom. The SMILES string of the molecule is CO[C@H](CC(=O)[C@](C)(O)[C@H]1[C@H](O)C[C@@]2(C)[C@@H]3CC=C4[C@@H](CC[C@H](O)C4(C)C)[C@]3(CO)C(=O)C[C@]12C)C(C)(C)O. The molecule has 0 unspecified atom stereocenters. The Kier molecular flexibility index (Phi) is 7.44. The molecule has 0 heterocycles. The highest BCUT2D eigenvalue weighted by molar-refractivity contribution is 5.90. The minimum Gasteiger partial charge on any atom is -0.395 e. The van der Waals surface area contributed by atoms with Gasteiger partial charge in [0.2, 0.25) is 0 Å². The molecule has 3 saturated carbocycles. The molecule has 4 rings (SSSR count). The molecule has 0 aromatic heterocycles. The molecule has 0 aromatic carbocycles. The van der Waals surface area contributed by atoms with Gasteiger partial charge in [0.05, 0.1) is 35.9 Å². The number of ether oxygens (including phenoxy) is 1. The van der Waals surface area contributed by atoms with Crippen molar-refractivity contribution in [2.45, 2.75) is 117 Å². The monoisotopic (exact) mass is 550 g/mol. The van der Waals surface area contributed by atoms with Crippen molar-refractivity contribution in [1.82, 2.24) is 0 Å². The maximum absolute atomic E-state index is 14.4. The van der Waals surface area contributed by atoms with E-state index in [4.69, 9.17) is 4.74 Å². The van der Waals surface area contributed by atoms with Gasteiger partial charge in [-0.05, 0) is 69.1 Å². The Morgan fingerprint density at radius 1 is 1.10 bits per heavy atom. The van der Waals surface area contributed by atoms with Gasteiger partial charge in [0, 0.05) is 31.3 Å². The van der Waals surface area contributed by atoms with Crippen LogP contribution in [0, 0.1) is 39.4 Å². The van der Waals surface area contributed by atoms with E-state index in [0.29, 0.717) is 25.7 Å². The zero-order chi connectivity index (χ0) is 29.6. The van der Waals surface area contributed by atoms with E-state index in [9.17, 15) is 35.1 Å². The van der Waals surface area contributed by atoms with E-state index in [1.54, 1.807) is 0 Å². The van der Waals surface area contributed by atoms with Gasteiger partial charge in [-0.25, -0.2) is 0 Å². The number of methoxy groups -OCH3 is 1. The summed E-state index contributed by atoms with van der Waals surface area (Å²) in [5.41, 5.74) is -5.38. The van der Waals surface area contributed by atoms with Gasteiger partial charge < -0.3 is 30.3 Å². The molecule has 0 aliphatic heterocycles. The van der Waals surface area contributed by atoms with Crippen molar-refractivity contribution >= 4 is 11.6 Å². The molecule has 10 atom stereocenters. The van der Waals surface area contributed by atoms with E-state index in [0.717, 1.165) is 5.57 Å². The summed E-state index contributed by atoms with van der Waals surface area (Å²) < 4.78 is 5.36. The van der Waals surface area contributed by atoms with Crippen LogP contribution in [0.4, 0.5) is 0 Å². The third-order valence-electron chi connectivity index (χ3n) is 12.2. The summed E-state index contributed by atoms with van der Waals surface area (Å²) in [6.45, 7) is 12.1. The lowest BCUT2D eigenvalue weighted by molar-refractivity contribution is -0.193. The van der Waals surface area contributed by atoms with E-state index < -0.39 is 62.9 Å². The number of aliphatic hydroxyl groups excluding tert-OH is 3. The lowest BCUT2D eigenvalue weighted by Gasteiger charge is -2.65. The average Bonchev–Trinajstić information content (AvgIpc) is 3.03. The third-order valence-corrected chi connectivity index (χ3v) is 12.2. The van der Waals surface area contributed by atoms with Crippen molar-refractivity contribution < 1.29 is 39.9 Å². The van der Waals surface area contributed by atoms with Crippen LogP contribution >= 0.6 is 0 Å². The van der Waals surface area contributed by atoms with E-state index in [1.165, 1.54) is 27.9 Å². The second kappa shape index (κ2) is 9.43. The second-order valence-electron chi connectivity index (χ2n) is 14.9. The smallest absolute Gasteiger partial charge is 0.167 e. The van der Waals surface area contributed by atoms with Crippen molar-refractivity contribution in [3.63, 3.8) is 0 Å². The number of ketones is 2. The zero-order valence-electron chi connectivity index (χ0n) is 25.0. The maximum Gasteiger partial charge on any atom is 0.167 e. The number of fused-ring (bicyclic) bond motifs is 5. The lowest BCUT2D eigenvalue weighted by Crippen LogP contribution is -2.67. The summed E-state index contributed by atoms with van der Waals surface area (Å²) in [5, 5.41) is 55.6. The molecule has 222 valence electrons. The lowest BCUT2D eigenvalue weighted by atomic mass is 9.38. The van der Waals surface area contributed by atoms with Gasteiger partial charge in [-0.3, -0.25) is 9.59 Å². The summed E-state index contributed by atoms with van der Waals surface area (Å²) in [5.74, 6) is -2.06. The van der Waals surface area contributed by atoms with Gasteiger partial charge in [-0.2, -0.15) is 0 Å². The molecular weight excluding hydrogens is 500 g/mol. The minimum absolute atomic E-state index is 0.0255. The van der Waals surface area contributed by atoms with Crippen molar-refractivity contribution in [2.75, 3.05) is 13.7 Å². The number of carbonyl (C=O) groups excluding carboxylic acids is 2. The number of rotatable bonds is 7. The standard InChI is InChI=1S/C31H50O8/c1-26(2)17-9-11-20-28(5)14-19(33)25(30(7,38)22(35)13-24(39-8)27(3,4)37)29(28,6)15-23(36)31(20,16-32)18(17)10-12-21(26)34/h9,18-21,24-25,32-34,37-38H,10-16H2,1-8H3/t18-,19-,20+,21+,24-,25+,28+,29-,30+,31+/m1/s1. The van der Waals surface area contributed by atoms with E-state index in [1.807, 2.05) is 20.8 Å².